The molecule has 2 N–H and O–H groups in total. The Morgan fingerprint density at radius 1 is 1.41 bits per heavy atom. The lowest BCUT2D eigenvalue weighted by atomic mass is 10.2. The van der Waals surface area contributed by atoms with Gasteiger partial charge in [0.05, 0.1) is 28.0 Å². The van der Waals surface area contributed by atoms with E-state index in [1.165, 1.54) is 19.4 Å². The summed E-state index contributed by atoms with van der Waals surface area (Å²) in [4.78, 5) is 12.1. The number of nitrogens with one attached hydrogen (secondary N) is 1. The van der Waals surface area contributed by atoms with Crippen LogP contribution in [-0.4, -0.2) is 30.4 Å². The smallest absolute Gasteiger partial charge is 0.271 e. The Hall–Kier alpha value is -2.00. The minimum absolute atomic E-state index is 0.000513. The minimum atomic E-state index is -0.437. The number of aromatic hydroxyl groups is 1. The summed E-state index contributed by atoms with van der Waals surface area (Å²) in [5.74, 6) is 0.565. The van der Waals surface area contributed by atoms with Gasteiger partial charge in [-0.15, -0.1) is 0 Å². The van der Waals surface area contributed by atoms with E-state index in [9.17, 15) is 9.90 Å². The van der Waals surface area contributed by atoms with E-state index in [1.54, 1.807) is 24.3 Å². The molecule has 0 fully saturated rings. The monoisotopic (exact) mass is 502 g/mol. The number of rotatable bonds is 7. The molecule has 0 unspecified atom stereocenters. The lowest BCUT2D eigenvalue weighted by Crippen LogP contribution is -2.17. The van der Waals surface area contributed by atoms with Crippen molar-refractivity contribution in [2.45, 2.75) is 26.4 Å². The third-order valence-corrected chi connectivity index (χ3v) is 4.93. The second-order valence-corrected chi connectivity index (χ2v) is 7.31. The van der Waals surface area contributed by atoms with Crippen LogP contribution in [0.5, 0.6) is 17.2 Å². The Labute approximate surface area is 176 Å². The van der Waals surface area contributed by atoms with E-state index in [0.29, 0.717) is 31.2 Å². The number of hydrogen-bond donors (Lipinski definition) is 2. The van der Waals surface area contributed by atoms with Crippen LogP contribution in [-0.2, 0) is 0 Å². The van der Waals surface area contributed by atoms with Crippen molar-refractivity contribution in [3.63, 3.8) is 0 Å². The minimum Gasteiger partial charge on any atom is -0.507 e. The predicted octanol–water partition coefficient (Wildman–Crippen LogP) is 4.60. The molecule has 0 aliphatic rings. The third kappa shape index (κ3) is 5.74. The molecule has 1 atom stereocenters. The highest BCUT2D eigenvalue weighted by atomic mass is 127. The molecule has 0 heterocycles. The first-order chi connectivity index (χ1) is 12.8. The van der Waals surface area contributed by atoms with Crippen LogP contribution in [0, 0.1) is 3.57 Å². The number of halogens is 2. The van der Waals surface area contributed by atoms with Crippen LogP contribution in [0.3, 0.4) is 0 Å². The average Bonchev–Trinajstić information content (AvgIpc) is 2.65. The molecule has 0 saturated carbocycles. The number of phenolic OH excluding ortho intramolecular Hbond substituents is 1. The molecule has 0 saturated heterocycles. The van der Waals surface area contributed by atoms with E-state index in [1.807, 2.05) is 36.4 Å². The summed E-state index contributed by atoms with van der Waals surface area (Å²) in [5.41, 5.74) is 3.35. The van der Waals surface area contributed by atoms with Crippen LogP contribution >= 0.6 is 34.2 Å². The number of ether oxygens (including phenoxy) is 2. The molecule has 8 heteroatoms. The normalized spacial score (nSPS) is 12.0. The zero-order valence-corrected chi connectivity index (χ0v) is 18.0. The van der Waals surface area contributed by atoms with E-state index >= 15 is 0 Å². The number of carbonyl (C=O) groups excluding carboxylic acids is 1. The van der Waals surface area contributed by atoms with Gasteiger partial charge in [0.1, 0.15) is 5.75 Å². The Balaban J connectivity index is 2.13. The van der Waals surface area contributed by atoms with Crippen molar-refractivity contribution in [3.8, 4) is 17.2 Å². The zero-order valence-electron chi connectivity index (χ0n) is 15.1. The lowest BCUT2D eigenvalue weighted by molar-refractivity contribution is 0.0954. The van der Waals surface area contributed by atoms with Crippen molar-refractivity contribution < 1.29 is 19.4 Å². The fraction of sp³-hybridized carbons (Fsp3) is 0.263. The van der Waals surface area contributed by atoms with Crippen molar-refractivity contribution in [1.82, 2.24) is 5.43 Å². The molecule has 0 aliphatic heterocycles. The summed E-state index contributed by atoms with van der Waals surface area (Å²) in [6, 6.07) is 8.03. The largest absolute Gasteiger partial charge is 0.507 e. The molecule has 0 spiro atoms. The van der Waals surface area contributed by atoms with E-state index in [4.69, 9.17) is 21.1 Å². The van der Waals surface area contributed by atoms with Gasteiger partial charge in [-0.1, -0.05) is 18.5 Å². The zero-order chi connectivity index (χ0) is 20.0. The third-order valence-electron chi connectivity index (χ3n) is 3.73. The molecule has 2 aromatic carbocycles. The molecule has 6 nitrogen and oxygen atoms in total. The van der Waals surface area contributed by atoms with Crippen LogP contribution in [0.25, 0.3) is 0 Å². The van der Waals surface area contributed by atoms with Gasteiger partial charge >= 0.3 is 0 Å². The number of methoxy groups -OCH3 is 1. The van der Waals surface area contributed by atoms with Crippen molar-refractivity contribution in [2.75, 3.05) is 7.11 Å². The molecule has 2 aromatic rings. The summed E-state index contributed by atoms with van der Waals surface area (Å²) in [5, 5.41) is 14.0. The maximum Gasteiger partial charge on any atom is 0.271 e. The van der Waals surface area contributed by atoms with Gasteiger partial charge in [-0.3, -0.25) is 4.79 Å². The molecule has 27 heavy (non-hydrogen) atoms. The summed E-state index contributed by atoms with van der Waals surface area (Å²) >= 11 is 8.28. The first kappa shape index (κ1) is 21.3. The van der Waals surface area contributed by atoms with Crippen molar-refractivity contribution >= 4 is 46.3 Å². The number of phenols is 1. The topological polar surface area (TPSA) is 80.2 Å². The lowest BCUT2D eigenvalue weighted by Gasteiger charge is -2.17. The van der Waals surface area contributed by atoms with Crippen LogP contribution < -0.4 is 14.9 Å². The fourth-order valence-corrected chi connectivity index (χ4v) is 2.70. The SMILES string of the molecule is CC[C@H](C)Oc1c(Cl)cc(/C=N\NC(=O)c2ccc(I)c(O)c2)cc1OC. The highest BCUT2D eigenvalue weighted by molar-refractivity contribution is 14.1. The molecule has 0 aromatic heterocycles. The first-order valence-corrected chi connectivity index (χ1v) is 9.67. The molecule has 2 rings (SSSR count). The molecule has 0 bridgehead atoms. The van der Waals surface area contributed by atoms with E-state index in [0.717, 1.165) is 6.42 Å². The average molecular weight is 503 g/mol. The van der Waals surface area contributed by atoms with Crippen LogP contribution in [0.4, 0.5) is 0 Å². The molecule has 0 radical (unpaired) electrons. The number of nitrogens with zero attached hydrogens (tertiary/aromatic N) is 1. The summed E-state index contributed by atoms with van der Waals surface area (Å²) in [6.45, 7) is 3.96. The summed E-state index contributed by atoms with van der Waals surface area (Å²) in [7, 11) is 1.53. The van der Waals surface area contributed by atoms with E-state index in [2.05, 4.69) is 10.5 Å². The summed E-state index contributed by atoms with van der Waals surface area (Å²) in [6.07, 6.45) is 2.29. The van der Waals surface area contributed by atoms with Gasteiger partial charge < -0.3 is 14.6 Å². The standard InChI is InChI=1S/C19H20ClIN2O4/c1-4-11(2)27-18-14(20)7-12(8-17(18)26-3)10-22-23-19(25)13-5-6-15(21)16(24)9-13/h5-11,24H,4H2,1-3H3,(H,23,25)/b22-10-/t11-/m0/s1. The maximum absolute atomic E-state index is 12.1. The highest BCUT2D eigenvalue weighted by Gasteiger charge is 2.14. The Morgan fingerprint density at radius 2 is 2.15 bits per heavy atom. The maximum atomic E-state index is 12.1. The van der Waals surface area contributed by atoms with Crippen molar-refractivity contribution in [3.05, 3.63) is 50.1 Å². The van der Waals surface area contributed by atoms with Gasteiger partial charge in [0.2, 0.25) is 0 Å². The highest BCUT2D eigenvalue weighted by Crippen LogP contribution is 2.37. The number of hydrogen-bond acceptors (Lipinski definition) is 5. The van der Waals surface area contributed by atoms with E-state index < -0.39 is 5.91 Å². The summed E-state index contributed by atoms with van der Waals surface area (Å²) < 4.78 is 11.8. The van der Waals surface area contributed by atoms with Gasteiger partial charge in [-0.2, -0.15) is 5.10 Å². The van der Waals surface area contributed by atoms with Crippen molar-refractivity contribution in [2.24, 2.45) is 5.10 Å². The van der Waals surface area contributed by atoms with Crippen LogP contribution in [0.2, 0.25) is 5.02 Å². The Morgan fingerprint density at radius 3 is 2.78 bits per heavy atom. The molecular weight excluding hydrogens is 483 g/mol. The number of carbonyl (C=O) groups is 1. The quantitative estimate of drug-likeness (QED) is 0.329. The Bertz CT molecular complexity index is 858. The van der Waals surface area contributed by atoms with Crippen LogP contribution in [0.1, 0.15) is 36.2 Å². The van der Waals surface area contributed by atoms with Gasteiger partial charge in [0, 0.05) is 5.56 Å². The molecular formula is C19H20ClIN2O4. The fourth-order valence-electron chi connectivity index (χ4n) is 2.10. The molecule has 1 amide bonds. The predicted molar refractivity (Wildman–Crippen MR) is 114 cm³/mol. The molecule has 144 valence electrons. The second-order valence-electron chi connectivity index (χ2n) is 5.74. The van der Waals surface area contributed by atoms with E-state index in [-0.39, 0.29) is 11.9 Å². The molecule has 0 aliphatic carbocycles. The number of hydrazone groups is 1. The van der Waals surface area contributed by atoms with Gasteiger partial charge in [-0.25, -0.2) is 5.43 Å². The number of benzene rings is 2. The van der Waals surface area contributed by atoms with Gasteiger partial charge in [-0.05, 0) is 71.8 Å². The van der Waals surface area contributed by atoms with Gasteiger partial charge in [0.15, 0.2) is 11.5 Å². The first-order valence-electron chi connectivity index (χ1n) is 8.21. The van der Waals surface area contributed by atoms with Crippen molar-refractivity contribution in [1.29, 1.82) is 0 Å². The second kappa shape index (κ2) is 9.80. The number of amides is 1. The van der Waals surface area contributed by atoms with Gasteiger partial charge in [0.25, 0.3) is 5.91 Å². The van der Waals surface area contributed by atoms with Crippen LogP contribution in [0.15, 0.2) is 35.4 Å². The Kier molecular flexibility index (Phi) is 7.73.